The SMILES string of the molecule is CCCC1CCC(OC)C(O)C1. The highest BCUT2D eigenvalue weighted by Gasteiger charge is 2.28. The molecule has 0 aromatic carbocycles. The van der Waals surface area contributed by atoms with E-state index in [1.807, 2.05) is 0 Å². The third-order valence-corrected chi connectivity index (χ3v) is 2.86. The molecule has 0 bridgehead atoms. The third kappa shape index (κ3) is 2.46. The van der Waals surface area contributed by atoms with Crippen LogP contribution in [-0.4, -0.2) is 24.4 Å². The Hall–Kier alpha value is -0.0800. The average Bonchev–Trinajstić information content (AvgIpc) is 2.05. The lowest BCUT2D eigenvalue weighted by molar-refractivity contribution is -0.0506. The minimum absolute atomic E-state index is 0.0955. The van der Waals surface area contributed by atoms with Gasteiger partial charge in [0, 0.05) is 7.11 Å². The molecule has 1 aliphatic carbocycles. The maximum Gasteiger partial charge on any atom is 0.0830 e. The zero-order valence-electron chi connectivity index (χ0n) is 8.12. The highest BCUT2D eigenvalue weighted by molar-refractivity contribution is 4.79. The molecule has 3 atom stereocenters. The van der Waals surface area contributed by atoms with Crippen LogP contribution in [0.3, 0.4) is 0 Å². The first-order valence-electron chi connectivity index (χ1n) is 4.98. The predicted molar refractivity (Wildman–Crippen MR) is 49.1 cm³/mol. The molecule has 1 N–H and O–H groups in total. The van der Waals surface area contributed by atoms with Crippen LogP contribution in [0.1, 0.15) is 39.0 Å². The van der Waals surface area contributed by atoms with E-state index < -0.39 is 0 Å². The first-order valence-corrected chi connectivity index (χ1v) is 4.98. The first kappa shape index (κ1) is 10.0. The van der Waals surface area contributed by atoms with Crippen LogP contribution in [-0.2, 0) is 4.74 Å². The Labute approximate surface area is 74.9 Å². The lowest BCUT2D eigenvalue weighted by Crippen LogP contribution is -2.35. The second-order valence-corrected chi connectivity index (χ2v) is 3.81. The maximum atomic E-state index is 9.64. The van der Waals surface area contributed by atoms with Crippen LogP contribution >= 0.6 is 0 Å². The summed E-state index contributed by atoms with van der Waals surface area (Å²) in [6, 6.07) is 0. The van der Waals surface area contributed by atoms with Crippen molar-refractivity contribution in [2.75, 3.05) is 7.11 Å². The fraction of sp³-hybridized carbons (Fsp3) is 1.00. The van der Waals surface area contributed by atoms with Crippen molar-refractivity contribution in [3.63, 3.8) is 0 Å². The van der Waals surface area contributed by atoms with E-state index in [1.165, 1.54) is 19.3 Å². The summed E-state index contributed by atoms with van der Waals surface area (Å²) in [5.74, 6) is 0.733. The number of hydrogen-bond donors (Lipinski definition) is 1. The van der Waals surface area contributed by atoms with Gasteiger partial charge >= 0.3 is 0 Å². The van der Waals surface area contributed by atoms with E-state index >= 15 is 0 Å². The van der Waals surface area contributed by atoms with Crippen LogP contribution in [0.2, 0.25) is 0 Å². The monoisotopic (exact) mass is 172 g/mol. The minimum atomic E-state index is -0.222. The molecule has 12 heavy (non-hydrogen) atoms. The van der Waals surface area contributed by atoms with E-state index in [2.05, 4.69) is 6.92 Å². The summed E-state index contributed by atoms with van der Waals surface area (Å²) in [5, 5.41) is 9.64. The van der Waals surface area contributed by atoms with Crippen molar-refractivity contribution >= 4 is 0 Å². The second-order valence-electron chi connectivity index (χ2n) is 3.81. The molecule has 1 rings (SSSR count). The Morgan fingerprint density at radius 2 is 2.17 bits per heavy atom. The van der Waals surface area contributed by atoms with Crippen molar-refractivity contribution in [2.24, 2.45) is 5.92 Å². The fourth-order valence-electron chi connectivity index (χ4n) is 2.15. The lowest BCUT2D eigenvalue weighted by Gasteiger charge is -2.31. The Kier molecular flexibility index (Phi) is 4.02. The molecular weight excluding hydrogens is 152 g/mol. The molecule has 0 aliphatic heterocycles. The molecule has 0 aromatic rings. The van der Waals surface area contributed by atoms with E-state index in [9.17, 15) is 5.11 Å². The normalized spacial score (nSPS) is 36.8. The molecule has 2 nitrogen and oxygen atoms in total. The molecule has 1 saturated carbocycles. The van der Waals surface area contributed by atoms with Crippen LogP contribution in [0.4, 0.5) is 0 Å². The summed E-state index contributed by atoms with van der Waals surface area (Å²) in [6.45, 7) is 2.20. The molecule has 1 fully saturated rings. The average molecular weight is 172 g/mol. The van der Waals surface area contributed by atoms with E-state index in [0.29, 0.717) is 0 Å². The maximum absolute atomic E-state index is 9.64. The number of methoxy groups -OCH3 is 1. The van der Waals surface area contributed by atoms with Gasteiger partial charge < -0.3 is 9.84 Å². The van der Waals surface area contributed by atoms with Gasteiger partial charge in [-0.05, 0) is 25.2 Å². The van der Waals surface area contributed by atoms with E-state index in [1.54, 1.807) is 7.11 Å². The van der Waals surface area contributed by atoms with Gasteiger partial charge in [-0.15, -0.1) is 0 Å². The Morgan fingerprint density at radius 1 is 1.42 bits per heavy atom. The zero-order valence-corrected chi connectivity index (χ0v) is 8.12. The number of aliphatic hydroxyl groups is 1. The molecule has 0 saturated heterocycles. The molecule has 0 spiro atoms. The van der Waals surface area contributed by atoms with E-state index in [0.717, 1.165) is 18.8 Å². The number of hydrogen-bond acceptors (Lipinski definition) is 2. The number of rotatable bonds is 3. The van der Waals surface area contributed by atoms with Crippen LogP contribution in [0.5, 0.6) is 0 Å². The highest BCUT2D eigenvalue weighted by Crippen LogP contribution is 2.29. The Morgan fingerprint density at radius 3 is 2.67 bits per heavy atom. The third-order valence-electron chi connectivity index (χ3n) is 2.86. The van der Waals surface area contributed by atoms with Crippen LogP contribution in [0.25, 0.3) is 0 Å². The van der Waals surface area contributed by atoms with Crippen LogP contribution < -0.4 is 0 Å². The van der Waals surface area contributed by atoms with Crippen molar-refractivity contribution in [1.29, 1.82) is 0 Å². The molecule has 0 amide bonds. The molecule has 0 heterocycles. The molecular formula is C10H20O2. The standard InChI is InChI=1S/C10H20O2/c1-3-4-8-5-6-10(12-2)9(11)7-8/h8-11H,3-7H2,1-2H3. The molecule has 3 unspecified atom stereocenters. The van der Waals surface area contributed by atoms with Gasteiger partial charge in [-0.25, -0.2) is 0 Å². The summed E-state index contributed by atoms with van der Waals surface area (Å²) in [6.07, 6.45) is 5.55. The van der Waals surface area contributed by atoms with Gasteiger partial charge in [0.2, 0.25) is 0 Å². The molecule has 1 aliphatic rings. The van der Waals surface area contributed by atoms with Crippen molar-refractivity contribution < 1.29 is 9.84 Å². The van der Waals surface area contributed by atoms with Crippen molar-refractivity contribution in [1.82, 2.24) is 0 Å². The highest BCUT2D eigenvalue weighted by atomic mass is 16.5. The summed E-state index contributed by atoms with van der Waals surface area (Å²) in [7, 11) is 1.69. The Balaban J connectivity index is 2.30. The Bertz CT molecular complexity index is 125. The lowest BCUT2D eigenvalue weighted by atomic mass is 9.83. The molecule has 72 valence electrons. The van der Waals surface area contributed by atoms with Gasteiger partial charge in [0.15, 0.2) is 0 Å². The van der Waals surface area contributed by atoms with Gasteiger partial charge in [-0.2, -0.15) is 0 Å². The van der Waals surface area contributed by atoms with Gasteiger partial charge in [0.25, 0.3) is 0 Å². The summed E-state index contributed by atoms with van der Waals surface area (Å²) < 4.78 is 5.18. The molecule has 0 radical (unpaired) electrons. The largest absolute Gasteiger partial charge is 0.390 e. The van der Waals surface area contributed by atoms with Crippen LogP contribution in [0, 0.1) is 5.92 Å². The van der Waals surface area contributed by atoms with E-state index in [4.69, 9.17) is 4.74 Å². The second kappa shape index (κ2) is 4.83. The van der Waals surface area contributed by atoms with Crippen molar-refractivity contribution in [2.45, 2.75) is 51.2 Å². The molecule has 0 aromatic heterocycles. The van der Waals surface area contributed by atoms with E-state index in [-0.39, 0.29) is 12.2 Å². The predicted octanol–water partition coefficient (Wildman–Crippen LogP) is 1.96. The summed E-state index contributed by atoms with van der Waals surface area (Å²) >= 11 is 0. The van der Waals surface area contributed by atoms with Gasteiger partial charge in [0.05, 0.1) is 12.2 Å². The smallest absolute Gasteiger partial charge is 0.0830 e. The van der Waals surface area contributed by atoms with Gasteiger partial charge in [-0.1, -0.05) is 19.8 Å². The van der Waals surface area contributed by atoms with Crippen molar-refractivity contribution in [3.8, 4) is 0 Å². The summed E-state index contributed by atoms with van der Waals surface area (Å²) in [5.41, 5.74) is 0. The minimum Gasteiger partial charge on any atom is -0.390 e. The molecule has 2 heteroatoms. The van der Waals surface area contributed by atoms with Crippen molar-refractivity contribution in [3.05, 3.63) is 0 Å². The summed E-state index contributed by atoms with van der Waals surface area (Å²) in [4.78, 5) is 0. The number of aliphatic hydroxyl groups excluding tert-OH is 1. The zero-order chi connectivity index (χ0) is 8.97. The van der Waals surface area contributed by atoms with Gasteiger partial charge in [0.1, 0.15) is 0 Å². The topological polar surface area (TPSA) is 29.5 Å². The van der Waals surface area contributed by atoms with Crippen LogP contribution in [0.15, 0.2) is 0 Å². The fourth-order valence-corrected chi connectivity index (χ4v) is 2.15. The quantitative estimate of drug-likeness (QED) is 0.705. The number of ether oxygens (including phenoxy) is 1. The first-order chi connectivity index (χ1) is 5.77. The van der Waals surface area contributed by atoms with Gasteiger partial charge in [-0.3, -0.25) is 0 Å².